The van der Waals surface area contributed by atoms with Crippen molar-refractivity contribution in [3.05, 3.63) is 47.5 Å². The van der Waals surface area contributed by atoms with E-state index in [1.165, 1.54) is 56.6 Å². The van der Waals surface area contributed by atoms with Gasteiger partial charge in [0, 0.05) is 12.3 Å². The molecule has 0 saturated carbocycles. The van der Waals surface area contributed by atoms with Crippen LogP contribution in [0.25, 0.3) is 11.5 Å². The Hall–Kier alpha value is -3.22. The summed E-state index contributed by atoms with van der Waals surface area (Å²) in [6.45, 7) is 3.11. The highest BCUT2D eigenvalue weighted by Crippen LogP contribution is 2.26. The van der Waals surface area contributed by atoms with E-state index in [9.17, 15) is 18.0 Å². The predicted octanol–water partition coefficient (Wildman–Crippen LogP) is 2.35. The van der Waals surface area contributed by atoms with Gasteiger partial charge in [-0.2, -0.15) is 4.72 Å². The Morgan fingerprint density at radius 3 is 2.56 bits per heavy atom. The summed E-state index contributed by atoms with van der Waals surface area (Å²) in [5, 5.41) is 7.22. The van der Waals surface area contributed by atoms with Gasteiger partial charge in [-0.15, -0.1) is 11.3 Å². The molecule has 0 aliphatic rings. The van der Waals surface area contributed by atoms with Crippen LogP contribution < -0.4 is 20.1 Å². The van der Waals surface area contributed by atoms with Crippen LogP contribution in [0.5, 0.6) is 5.75 Å². The number of sulfonamides is 1. The van der Waals surface area contributed by atoms with Gasteiger partial charge in [0.05, 0.1) is 24.6 Å². The summed E-state index contributed by atoms with van der Waals surface area (Å²) < 4.78 is 38.0. The van der Waals surface area contributed by atoms with Crippen LogP contribution in [0.3, 0.4) is 0 Å². The predicted molar refractivity (Wildman–Crippen MR) is 119 cm³/mol. The number of nitrogens with zero attached hydrogens (tertiary/aromatic N) is 1. The van der Waals surface area contributed by atoms with Crippen molar-refractivity contribution in [1.29, 1.82) is 0 Å². The van der Waals surface area contributed by atoms with E-state index in [1.54, 1.807) is 17.5 Å². The van der Waals surface area contributed by atoms with E-state index in [0.29, 0.717) is 28.1 Å². The molecule has 2 heterocycles. The third-order valence-corrected chi connectivity index (χ3v) is 6.57. The highest BCUT2D eigenvalue weighted by molar-refractivity contribution is 7.89. The number of nitrogens with one attached hydrogen (secondary N) is 3. The maximum absolute atomic E-state index is 12.5. The molecule has 0 aliphatic carbocycles. The number of benzene rings is 1. The molecule has 1 atom stereocenters. The van der Waals surface area contributed by atoms with Gasteiger partial charge in [0.2, 0.25) is 21.8 Å². The van der Waals surface area contributed by atoms with E-state index < -0.39 is 22.0 Å². The van der Waals surface area contributed by atoms with E-state index in [0.717, 1.165) is 0 Å². The van der Waals surface area contributed by atoms with Crippen molar-refractivity contribution in [2.45, 2.75) is 31.3 Å². The summed E-state index contributed by atoms with van der Waals surface area (Å²) in [7, 11) is -2.42. The topological polar surface area (TPSA) is 140 Å². The molecule has 3 aromatic rings. The highest BCUT2D eigenvalue weighted by atomic mass is 32.2. The van der Waals surface area contributed by atoms with Crippen LogP contribution in [0.2, 0.25) is 0 Å². The summed E-state index contributed by atoms with van der Waals surface area (Å²) >= 11 is 1.17. The second kappa shape index (κ2) is 9.94. The van der Waals surface area contributed by atoms with Crippen LogP contribution in [0.4, 0.5) is 5.13 Å². The maximum Gasteiger partial charge on any atom is 0.244 e. The summed E-state index contributed by atoms with van der Waals surface area (Å²) in [5.74, 6) is 0.839. The second-order valence-corrected chi connectivity index (χ2v) is 9.29. The van der Waals surface area contributed by atoms with Crippen molar-refractivity contribution in [1.82, 2.24) is 15.0 Å². The minimum absolute atomic E-state index is 0.0161. The number of methoxy groups -OCH3 is 1. The first-order chi connectivity index (χ1) is 15.2. The summed E-state index contributed by atoms with van der Waals surface area (Å²) in [4.78, 5) is 27.8. The first-order valence-corrected chi connectivity index (χ1v) is 11.8. The molecule has 10 nitrogen and oxygen atoms in total. The summed E-state index contributed by atoms with van der Waals surface area (Å²) in [5.41, 5.74) is 0.505. The minimum atomic E-state index is -3.90. The number of carbonyl (C=O) groups is 2. The van der Waals surface area contributed by atoms with Gasteiger partial charge in [-0.05, 0) is 43.3 Å². The van der Waals surface area contributed by atoms with Crippen molar-refractivity contribution in [2.24, 2.45) is 0 Å². The molecule has 0 unspecified atom stereocenters. The zero-order valence-electron chi connectivity index (χ0n) is 17.5. The maximum atomic E-state index is 12.5. The average molecular weight is 479 g/mol. The number of rotatable bonds is 9. The minimum Gasteiger partial charge on any atom is -0.497 e. The van der Waals surface area contributed by atoms with Gasteiger partial charge in [0.15, 0.2) is 10.9 Å². The summed E-state index contributed by atoms with van der Waals surface area (Å²) in [6, 6.07) is 8.22. The molecule has 32 heavy (non-hydrogen) atoms. The number of hydrogen-bond acceptors (Lipinski definition) is 8. The molecule has 0 radical (unpaired) electrons. The second-order valence-electron chi connectivity index (χ2n) is 6.72. The monoisotopic (exact) mass is 478 g/mol. The number of hydrogen-bond donors (Lipinski definition) is 3. The fourth-order valence-electron chi connectivity index (χ4n) is 2.59. The molecule has 3 N–H and O–H groups in total. The molecule has 2 aromatic heterocycles. The van der Waals surface area contributed by atoms with Gasteiger partial charge in [-0.1, -0.05) is 0 Å². The molecule has 3 rings (SSSR count). The third kappa shape index (κ3) is 5.93. The van der Waals surface area contributed by atoms with Crippen molar-refractivity contribution in [2.75, 3.05) is 12.4 Å². The first-order valence-electron chi connectivity index (χ1n) is 9.44. The fourth-order valence-corrected chi connectivity index (χ4v) is 4.49. The van der Waals surface area contributed by atoms with E-state index in [-0.39, 0.29) is 17.3 Å². The number of aromatic nitrogens is 1. The number of ether oxygens (including phenoxy) is 1. The average Bonchev–Trinajstić information content (AvgIpc) is 3.41. The number of furan rings is 1. The molecule has 0 fully saturated rings. The van der Waals surface area contributed by atoms with Crippen LogP contribution in [-0.2, 0) is 26.2 Å². The molecular formula is C20H22N4O6S2. The van der Waals surface area contributed by atoms with Gasteiger partial charge >= 0.3 is 0 Å². The lowest BCUT2D eigenvalue weighted by atomic mass is 10.3. The standard InChI is InChI=1S/C20H22N4O6S2/c1-12(24-32(27,28)16-7-4-14(29-3)5-8-16)19(26)23-20-22-17(11-31-20)18-9-6-15(30-18)10-21-13(2)25/h4-9,11-12,24H,10H2,1-3H3,(H,21,25)(H,22,23,26)/t12-/m0/s1. The molecule has 0 aliphatic heterocycles. The summed E-state index contributed by atoms with van der Waals surface area (Å²) in [6.07, 6.45) is 0. The van der Waals surface area contributed by atoms with Crippen molar-refractivity contribution >= 4 is 38.3 Å². The lowest BCUT2D eigenvalue weighted by Gasteiger charge is -2.13. The number of anilines is 1. The van der Waals surface area contributed by atoms with Crippen molar-refractivity contribution < 1.29 is 27.2 Å². The Kier molecular flexibility index (Phi) is 7.28. The molecule has 170 valence electrons. The zero-order chi connectivity index (χ0) is 23.3. The van der Waals surface area contributed by atoms with Gasteiger partial charge in [0.25, 0.3) is 0 Å². The SMILES string of the molecule is COc1ccc(S(=O)(=O)N[C@@H](C)C(=O)Nc2nc(-c3ccc(CNC(C)=O)o3)cs2)cc1. The molecule has 0 bridgehead atoms. The van der Waals surface area contributed by atoms with Crippen LogP contribution >= 0.6 is 11.3 Å². The lowest BCUT2D eigenvalue weighted by molar-refractivity contribution is -0.119. The van der Waals surface area contributed by atoms with Crippen LogP contribution in [0.15, 0.2) is 51.1 Å². The molecule has 0 saturated heterocycles. The van der Waals surface area contributed by atoms with Crippen LogP contribution in [0.1, 0.15) is 19.6 Å². The quantitative estimate of drug-likeness (QED) is 0.429. The van der Waals surface area contributed by atoms with Gasteiger partial charge in [0.1, 0.15) is 17.2 Å². The number of thiazole rings is 1. The smallest absolute Gasteiger partial charge is 0.244 e. The Morgan fingerprint density at radius 1 is 1.19 bits per heavy atom. The molecule has 0 spiro atoms. The highest BCUT2D eigenvalue weighted by Gasteiger charge is 2.23. The van der Waals surface area contributed by atoms with Crippen LogP contribution in [-0.4, -0.2) is 38.4 Å². The van der Waals surface area contributed by atoms with Crippen molar-refractivity contribution in [3.8, 4) is 17.2 Å². The first kappa shape index (κ1) is 23.4. The Morgan fingerprint density at radius 2 is 1.91 bits per heavy atom. The van der Waals surface area contributed by atoms with E-state index in [1.807, 2.05) is 0 Å². The molecule has 2 amide bonds. The lowest BCUT2D eigenvalue weighted by Crippen LogP contribution is -2.41. The fraction of sp³-hybridized carbons (Fsp3) is 0.250. The molecule has 12 heteroatoms. The Labute approximate surface area is 189 Å². The number of amides is 2. The number of carbonyl (C=O) groups excluding carboxylic acids is 2. The molecular weight excluding hydrogens is 456 g/mol. The Balaban J connectivity index is 1.61. The van der Waals surface area contributed by atoms with Gasteiger partial charge < -0.3 is 19.8 Å². The van der Waals surface area contributed by atoms with Gasteiger partial charge in [-0.3, -0.25) is 9.59 Å². The van der Waals surface area contributed by atoms with E-state index in [4.69, 9.17) is 9.15 Å². The molecule has 1 aromatic carbocycles. The van der Waals surface area contributed by atoms with E-state index in [2.05, 4.69) is 20.3 Å². The normalized spacial score (nSPS) is 12.2. The largest absolute Gasteiger partial charge is 0.497 e. The Bertz CT molecular complexity index is 1200. The van der Waals surface area contributed by atoms with Crippen LogP contribution in [0, 0.1) is 0 Å². The van der Waals surface area contributed by atoms with Gasteiger partial charge in [-0.25, -0.2) is 13.4 Å². The third-order valence-electron chi connectivity index (χ3n) is 4.25. The zero-order valence-corrected chi connectivity index (χ0v) is 19.2. The van der Waals surface area contributed by atoms with E-state index >= 15 is 0 Å². The van der Waals surface area contributed by atoms with Crippen molar-refractivity contribution in [3.63, 3.8) is 0 Å².